The molecule has 0 aliphatic carbocycles. The lowest BCUT2D eigenvalue weighted by Crippen LogP contribution is -2.43. The summed E-state index contributed by atoms with van der Waals surface area (Å²) in [6.07, 6.45) is 0.347. The van der Waals surface area contributed by atoms with Crippen molar-refractivity contribution >= 4 is 27.4 Å². The van der Waals surface area contributed by atoms with Gasteiger partial charge in [0, 0.05) is 28.7 Å². The number of nitrogens with zero attached hydrogens (tertiary/aromatic N) is 1. The molecule has 2 aromatic rings. The molecule has 1 aliphatic heterocycles. The van der Waals surface area contributed by atoms with Gasteiger partial charge in [-0.25, -0.2) is 8.78 Å². The van der Waals surface area contributed by atoms with E-state index in [1.54, 1.807) is 11.8 Å². The Balaban J connectivity index is 2.06. The maximum Gasteiger partial charge on any atom is 0.159 e. The molecule has 0 N–H and O–H groups in total. The Morgan fingerprint density at radius 3 is 2.59 bits per heavy atom. The average molecular weight is 366 g/mol. The van der Waals surface area contributed by atoms with Crippen molar-refractivity contribution in [1.82, 2.24) is 0 Å². The Hall–Kier alpha value is -1.75. The van der Waals surface area contributed by atoms with Gasteiger partial charge in [0.15, 0.2) is 5.78 Å². The average Bonchev–Trinajstić information content (AvgIpc) is 2.47. The summed E-state index contributed by atoms with van der Waals surface area (Å²) in [5.74, 6) is -1.14. The van der Waals surface area contributed by atoms with E-state index in [1.807, 2.05) is 18.2 Å². The van der Waals surface area contributed by atoms with Crippen molar-refractivity contribution in [3.05, 3.63) is 63.6 Å². The molecule has 0 radical (unpaired) electrons. The number of ketones is 1. The molecule has 22 heavy (non-hydrogen) atoms. The van der Waals surface area contributed by atoms with Crippen LogP contribution in [0, 0.1) is 11.6 Å². The van der Waals surface area contributed by atoms with E-state index >= 15 is 0 Å². The molecule has 3 rings (SSSR count). The first-order valence-corrected chi connectivity index (χ1v) is 7.77. The van der Waals surface area contributed by atoms with Crippen molar-refractivity contribution < 1.29 is 13.6 Å². The molecule has 1 aliphatic rings. The molecule has 1 atom stereocenters. The molecule has 1 heterocycles. The molecular formula is C17H14BrF2NO. The molecule has 0 saturated carbocycles. The molecule has 0 saturated heterocycles. The number of carbonyl (C=O) groups is 1. The minimum absolute atomic E-state index is 0.0185. The zero-order valence-corrected chi connectivity index (χ0v) is 13.5. The van der Waals surface area contributed by atoms with Gasteiger partial charge in [0.1, 0.15) is 11.6 Å². The number of anilines is 1. The van der Waals surface area contributed by atoms with Crippen molar-refractivity contribution in [2.75, 3.05) is 4.90 Å². The predicted molar refractivity (Wildman–Crippen MR) is 84.9 cm³/mol. The number of hydrogen-bond donors (Lipinski definition) is 0. The van der Waals surface area contributed by atoms with Crippen molar-refractivity contribution in [1.29, 1.82) is 0 Å². The monoisotopic (exact) mass is 365 g/mol. The summed E-state index contributed by atoms with van der Waals surface area (Å²) in [6, 6.07) is 9.01. The molecular weight excluding hydrogens is 352 g/mol. The molecule has 5 heteroatoms. The SMILES string of the molecule is CC1C(=O)Cc2ccc(Br)cc2N1Cc1c(F)cccc1F. The van der Waals surface area contributed by atoms with Crippen LogP contribution in [-0.4, -0.2) is 11.8 Å². The summed E-state index contributed by atoms with van der Waals surface area (Å²) in [5, 5.41) is 0. The second kappa shape index (κ2) is 5.80. The number of halogens is 3. The fraction of sp³-hybridized carbons (Fsp3) is 0.235. The largest absolute Gasteiger partial charge is 0.357 e. The first-order chi connectivity index (χ1) is 10.5. The van der Waals surface area contributed by atoms with E-state index < -0.39 is 17.7 Å². The number of rotatable bonds is 2. The normalized spacial score (nSPS) is 17.5. The zero-order chi connectivity index (χ0) is 15.9. The maximum absolute atomic E-state index is 13.9. The van der Waals surface area contributed by atoms with Gasteiger partial charge in [-0.3, -0.25) is 4.79 Å². The van der Waals surface area contributed by atoms with Crippen LogP contribution in [-0.2, 0) is 17.8 Å². The Bertz CT molecular complexity index is 727. The summed E-state index contributed by atoms with van der Waals surface area (Å²) in [7, 11) is 0. The second-order valence-corrected chi connectivity index (χ2v) is 6.34. The van der Waals surface area contributed by atoms with Gasteiger partial charge in [-0.05, 0) is 36.8 Å². The van der Waals surface area contributed by atoms with Crippen molar-refractivity contribution in [3.8, 4) is 0 Å². The van der Waals surface area contributed by atoms with E-state index in [1.165, 1.54) is 18.2 Å². The van der Waals surface area contributed by atoms with Crippen LogP contribution in [0.5, 0.6) is 0 Å². The predicted octanol–water partition coefficient (Wildman–Crippen LogP) is 4.25. The molecule has 2 aromatic carbocycles. The first kappa shape index (κ1) is 15.2. The molecule has 114 valence electrons. The van der Waals surface area contributed by atoms with Gasteiger partial charge < -0.3 is 4.90 Å². The molecule has 0 amide bonds. The highest BCUT2D eigenvalue weighted by molar-refractivity contribution is 9.10. The minimum Gasteiger partial charge on any atom is -0.357 e. The maximum atomic E-state index is 13.9. The quantitative estimate of drug-likeness (QED) is 0.792. The molecule has 0 bridgehead atoms. The third-order valence-electron chi connectivity index (χ3n) is 4.05. The Kier molecular flexibility index (Phi) is 4.00. The molecule has 2 nitrogen and oxygen atoms in total. The minimum atomic E-state index is -0.596. The third-order valence-corrected chi connectivity index (χ3v) is 4.54. The number of fused-ring (bicyclic) bond motifs is 1. The van der Waals surface area contributed by atoms with Crippen LogP contribution in [0.3, 0.4) is 0 Å². The second-order valence-electron chi connectivity index (χ2n) is 5.42. The van der Waals surface area contributed by atoms with Gasteiger partial charge >= 0.3 is 0 Å². The topological polar surface area (TPSA) is 20.3 Å². The lowest BCUT2D eigenvalue weighted by molar-refractivity contribution is -0.119. The van der Waals surface area contributed by atoms with Gasteiger partial charge in [-0.15, -0.1) is 0 Å². The number of Topliss-reactive ketones (excluding diaryl/α,β-unsaturated/α-hetero) is 1. The van der Waals surface area contributed by atoms with Gasteiger partial charge in [-0.1, -0.05) is 28.1 Å². The molecule has 0 aromatic heterocycles. The van der Waals surface area contributed by atoms with E-state index in [4.69, 9.17) is 0 Å². The van der Waals surface area contributed by atoms with Crippen LogP contribution in [0.4, 0.5) is 14.5 Å². The molecule has 1 unspecified atom stereocenters. The fourth-order valence-electron chi connectivity index (χ4n) is 2.75. The van der Waals surface area contributed by atoms with Gasteiger partial charge in [0.2, 0.25) is 0 Å². The van der Waals surface area contributed by atoms with E-state index in [0.717, 1.165) is 15.7 Å². The van der Waals surface area contributed by atoms with Crippen molar-refractivity contribution in [2.45, 2.75) is 25.9 Å². The summed E-state index contributed by atoms with van der Waals surface area (Å²) in [5.41, 5.74) is 1.70. The van der Waals surface area contributed by atoms with Gasteiger partial charge in [-0.2, -0.15) is 0 Å². The molecule has 0 spiro atoms. The number of benzene rings is 2. The van der Waals surface area contributed by atoms with E-state index in [2.05, 4.69) is 15.9 Å². The smallest absolute Gasteiger partial charge is 0.159 e. The van der Waals surface area contributed by atoms with E-state index in [0.29, 0.717) is 6.42 Å². The van der Waals surface area contributed by atoms with E-state index in [-0.39, 0.29) is 17.9 Å². The Morgan fingerprint density at radius 2 is 1.91 bits per heavy atom. The fourth-order valence-corrected chi connectivity index (χ4v) is 3.10. The Labute approximate surface area is 135 Å². The van der Waals surface area contributed by atoms with Crippen LogP contribution in [0.25, 0.3) is 0 Å². The highest BCUT2D eigenvalue weighted by atomic mass is 79.9. The van der Waals surface area contributed by atoms with Crippen molar-refractivity contribution in [3.63, 3.8) is 0 Å². The van der Waals surface area contributed by atoms with Crippen LogP contribution in [0.2, 0.25) is 0 Å². The van der Waals surface area contributed by atoms with E-state index in [9.17, 15) is 13.6 Å². The highest BCUT2D eigenvalue weighted by Gasteiger charge is 2.30. The zero-order valence-electron chi connectivity index (χ0n) is 11.9. The van der Waals surface area contributed by atoms with Crippen LogP contribution in [0.1, 0.15) is 18.1 Å². The van der Waals surface area contributed by atoms with Crippen LogP contribution < -0.4 is 4.90 Å². The van der Waals surface area contributed by atoms with Gasteiger partial charge in [0.05, 0.1) is 6.04 Å². The van der Waals surface area contributed by atoms with Crippen LogP contribution in [0.15, 0.2) is 40.9 Å². The Morgan fingerprint density at radius 1 is 1.23 bits per heavy atom. The first-order valence-electron chi connectivity index (χ1n) is 6.98. The number of hydrogen-bond acceptors (Lipinski definition) is 2. The summed E-state index contributed by atoms with van der Waals surface area (Å²) in [6.45, 7) is 1.79. The van der Waals surface area contributed by atoms with Crippen LogP contribution >= 0.6 is 15.9 Å². The highest BCUT2D eigenvalue weighted by Crippen LogP contribution is 2.33. The van der Waals surface area contributed by atoms with Crippen molar-refractivity contribution in [2.24, 2.45) is 0 Å². The van der Waals surface area contributed by atoms with Gasteiger partial charge in [0.25, 0.3) is 0 Å². The third kappa shape index (κ3) is 2.65. The lowest BCUT2D eigenvalue weighted by Gasteiger charge is -2.36. The number of carbonyl (C=O) groups excluding carboxylic acids is 1. The molecule has 0 fully saturated rings. The summed E-state index contributed by atoms with van der Waals surface area (Å²) < 4.78 is 28.7. The summed E-state index contributed by atoms with van der Waals surface area (Å²) >= 11 is 3.41. The summed E-state index contributed by atoms with van der Waals surface area (Å²) in [4.78, 5) is 13.9. The lowest BCUT2D eigenvalue weighted by atomic mass is 9.94. The standard InChI is InChI=1S/C17H14BrF2NO/c1-10-17(22)7-11-5-6-12(18)8-16(11)21(10)9-13-14(19)3-2-4-15(13)20/h2-6,8,10H,7,9H2,1H3.